The molecule has 0 aromatic carbocycles. The molecule has 1 aliphatic carbocycles. The van der Waals surface area contributed by atoms with E-state index in [0.29, 0.717) is 12.8 Å². The zero-order valence-corrected chi connectivity index (χ0v) is 10.2. The summed E-state index contributed by atoms with van der Waals surface area (Å²) in [5, 5.41) is 13.5. The highest BCUT2D eigenvalue weighted by Crippen LogP contribution is 2.41. The molecule has 4 heteroatoms. The van der Waals surface area contributed by atoms with Crippen LogP contribution < -0.4 is 5.73 Å². The van der Waals surface area contributed by atoms with Crippen molar-refractivity contribution in [3.63, 3.8) is 0 Å². The van der Waals surface area contributed by atoms with E-state index in [0.717, 1.165) is 24.0 Å². The van der Waals surface area contributed by atoms with E-state index < -0.39 is 11.4 Å². The van der Waals surface area contributed by atoms with Crippen molar-refractivity contribution in [1.29, 1.82) is 0 Å². The average Bonchev–Trinajstić information content (AvgIpc) is 2.66. The summed E-state index contributed by atoms with van der Waals surface area (Å²) in [4.78, 5) is 11.6. The number of aliphatic carboxylic acids is 1. The molecule has 0 bridgehead atoms. The Kier molecular flexibility index (Phi) is 3.04. The van der Waals surface area contributed by atoms with Crippen molar-refractivity contribution in [2.45, 2.75) is 44.1 Å². The SMILES string of the molecule is Cc1cscc1C1(C(=O)O)CCC(N)CC1. The van der Waals surface area contributed by atoms with Gasteiger partial charge in [0.05, 0.1) is 5.41 Å². The lowest BCUT2D eigenvalue weighted by Crippen LogP contribution is -2.43. The molecule has 1 aliphatic rings. The van der Waals surface area contributed by atoms with Gasteiger partial charge in [-0.25, -0.2) is 0 Å². The van der Waals surface area contributed by atoms with Crippen LogP contribution in [-0.4, -0.2) is 17.1 Å². The van der Waals surface area contributed by atoms with E-state index in [2.05, 4.69) is 0 Å². The molecule has 1 aromatic rings. The topological polar surface area (TPSA) is 63.3 Å². The van der Waals surface area contributed by atoms with Crippen molar-refractivity contribution in [3.05, 3.63) is 21.9 Å². The summed E-state index contributed by atoms with van der Waals surface area (Å²) >= 11 is 1.58. The first kappa shape index (κ1) is 11.6. The van der Waals surface area contributed by atoms with Crippen LogP contribution in [0.25, 0.3) is 0 Å². The number of carboxylic acids is 1. The molecule has 0 amide bonds. The number of aryl methyl sites for hydroxylation is 1. The summed E-state index contributed by atoms with van der Waals surface area (Å²) < 4.78 is 0. The second-order valence-electron chi connectivity index (χ2n) is 4.69. The van der Waals surface area contributed by atoms with Crippen LogP contribution in [0.3, 0.4) is 0 Å². The molecule has 3 nitrogen and oxygen atoms in total. The molecule has 1 aromatic heterocycles. The number of thiophene rings is 1. The van der Waals surface area contributed by atoms with Gasteiger partial charge in [-0.3, -0.25) is 4.79 Å². The predicted octanol–water partition coefficient (Wildman–Crippen LogP) is 2.28. The molecule has 0 aliphatic heterocycles. The summed E-state index contributed by atoms with van der Waals surface area (Å²) in [6.45, 7) is 1.99. The van der Waals surface area contributed by atoms with Crippen LogP contribution in [0.1, 0.15) is 36.8 Å². The maximum atomic E-state index is 11.6. The van der Waals surface area contributed by atoms with Crippen molar-refractivity contribution in [2.75, 3.05) is 0 Å². The molecule has 0 spiro atoms. The van der Waals surface area contributed by atoms with E-state index in [1.807, 2.05) is 17.7 Å². The Morgan fingerprint density at radius 3 is 2.56 bits per heavy atom. The number of carboxylic acid groups (broad SMARTS) is 1. The van der Waals surface area contributed by atoms with Crippen LogP contribution in [-0.2, 0) is 10.2 Å². The molecule has 1 heterocycles. The third-order valence-corrected chi connectivity index (χ3v) is 4.53. The Bertz CT molecular complexity index is 391. The van der Waals surface area contributed by atoms with Crippen LogP contribution in [0.2, 0.25) is 0 Å². The van der Waals surface area contributed by atoms with Gasteiger partial charge in [0.1, 0.15) is 0 Å². The van der Waals surface area contributed by atoms with E-state index >= 15 is 0 Å². The average molecular weight is 239 g/mol. The molecule has 2 rings (SSSR count). The number of hydrogen-bond donors (Lipinski definition) is 2. The van der Waals surface area contributed by atoms with E-state index in [9.17, 15) is 9.90 Å². The molecule has 0 saturated heterocycles. The maximum Gasteiger partial charge on any atom is 0.314 e. The minimum absolute atomic E-state index is 0.173. The normalized spacial score (nSPS) is 30.2. The van der Waals surface area contributed by atoms with Gasteiger partial charge < -0.3 is 10.8 Å². The molecule has 1 saturated carbocycles. The highest BCUT2D eigenvalue weighted by molar-refractivity contribution is 7.08. The van der Waals surface area contributed by atoms with E-state index in [1.54, 1.807) is 11.3 Å². The molecule has 16 heavy (non-hydrogen) atoms. The van der Waals surface area contributed by atoms with Gasteiger partial charge in [-0.05, 0) is 54.5 Å². The van der Waals surface area contributed by atoms with Crippen molar-refractivity contribution in [3.8, 4) is 0 Å². The number of nitrogens with two attached hydrogens (primary N) is 1. The molecule has 0 radical (unpaired) electrons. The highest BCUT2D eigenvalue weighted by atomic mass is 32.1. The Labute approximate surface area is 99.3 Å². The standard InChI is InChI=1S/C12H17NO2S/c1-8-6-16-7-10(8)12(11(14)15)4-2-9(13)3-5-12/h6-7,9H,2-5,13H2,1H3,(H,14,15). The Balaban J connectivity index is 2.37. The number of carbonyl (C=O) groups is 1. The van der Waals surface area contributed by atoms with Gasteiger partial charge >= 0.3 is 5.97 Å². The van der Waals surface area contributed by atoms with Gasteiger partial charge in [0.2, 0.25) is 0 Å². The minimum Gasteiger partial charge on any atom is -0.481 e. The second kappa shape index (κ2) is 4.18. The third-order valence-electron chi connectivity index (χ3n) is 3.66. The number of rotatable bonds is 2. The van der Waals surface area contributed by atoms with Gasteiger partial charge in [-0.1, -0.05) is 0 Å². The molecular formula is C12H17NO2S. The zero-order chi connectivity index (χ0) is 11.8. The lowest BCUT2D eigenvalue weighted by Gasteiger charge is -2.36. The summed E-state index contributed by atoms with van der Waals surface area (Å²) in [6, 6.07) is 0.173. The first-order chi connectivity index (χ1) is 7.56. The lowest BCUT2D eigenvalue weighted by atomic mass is 9.68. The quantitative estimate of drug-likeness (QED) is 0.832. The van der Waals surface area contributed by atoms with Crippen molar-refractivity contribution >= 4 is 17.3 Å². The summed E-state index contributed by atoms with van der Waals surface area (Å²) in [6.07, 6.45) is 2.95. The predicted molar refractivity (Wildman–Crippen MR) is 64.8 cm³/mol. The molecule has 1 fully saturated rings. The summed E-state index contributed by atoms with van der Waals surface area (Å²) in [5.41, 5.74) is 7.27. The molecular weight excluding hydrogens is 222 g/mol. The maximum absolute atomic E-state index is 11.6. The first-order valence-corrected chi connectivity index (χ1v) is 6.53. The molecule has 0 atom stereocenters. The second-order valence-corrected chi connectivity index (χ2v) is 5.44. The van der Waals surface area contributed by atoms with Gasteiger partial charge in [-0.15, -0.1) is 0 Å². The summed E-state index contributed by atoms with van der Waals surface area (Å²) in [5.74, 6) is -0.694. The fourth-order valence-electron chi connectivity index (χ4n) is 2.58. The Morgan fingerprint density at radius 2 is 2.12 bits per heavy atom. The third kappa shape index (κ3) is 1.76. The van der Waals surface area contributed by atoms with Gasteiger partial charge in [0, 0.05) is 6.04 Å². The fraction of sp³-hybridized carbons (Fsp3) is 0.583. The van der Waals surface area contributed by atoms with Crippen LogP contribution >= 0.6 is 11.3 Å². The smallest absolute Gasteiger partial charge is 0.314 e. The van der Waals surface area contributed by atoms with E-state index in [-0.39, 0.29) is 6.04 Å². The number of hydrogen-bond acceptors (Lipinski definition) is 3. The minimum atomic E-state index is -0.694. The largest absolute Gasteiger partial charge is 0.481 e. The Morgan fingerprint density at radius 1 is 1.50 bits per heavy atom. The van der Waals surface area contributed by atoms with Crippen molar-refractivity contribution in [1.82, 2.24) is 0 Å². The van der Waals surface area contributed by atoms with Gasteiger partial charge in [0.15, 0.2) is 0 Å². The highest BCUT2D eigenvalue weighted by Gasteiger charge is 2.43. The molecule has 88 valence electrons. The fourth-order valence-corrected chi connectivity index (χ4v) is 3.53. The van der Waals surface area contributed by atoms with Crippen LogP contribution in [0.15, 0.2) is 10.8 Å². The van der Waals surface area contributed by atoms with Crippen LogP contribution in [0, 0.1) is 6.92 Å². The Hall–Kier alpha value is -0.870. The zero-order valence-electron chi connectivity index (χ0n) is 9.40. The summed E-state index contributed by atoms with van der Waals surface area (Å²) in [7, 11) is 0. The monoisotopic (exact) mass is 239 g/mol. The lowest BCUT2D eigenvalue weighted by molar-refractivity contribution is -0.145. The van der Waals surface area contributed by atoms with E-state index in [4.69, 9.17) is 5.73 Å². The van der Waals surface area contributed by atoms with Gasteiger partial charge in [-0.2, -0.15) is 11.3 Å². The van der Waals surface area contributed by atoms with Crippen molar-refractivity contribution < 1.29 is 9.90 Å². The van der Waals surface area contributed by atoms with Crippen LogP contribution in [0.4, 0.5) is 0 Å². The van der Waals surface area contributed by atoms with E-state index in [1.165, 1.54) is 0 Å². The van der Waals surface area contributed by atoms with Crippen LogP contribution in [0.5, 0.6) is 0 Å². The molecule has 0 unspecified atom stereocenters. The van der Waals surface area contributed by atoms with Gasteiger partial charge in [0.25, 0.3) is 0 Å². The van der Waals surface area contributed by atoms with Crippen molar-refractivity contribution in [2.24, 2.45) is 5.73 Å². The first-order valence-electron chi connectivity index (χ1n) is 5.58. The molecule has 3 N–H and O–H groups in total.